The molecule has 2 heterocycles. The second-order valence-electron chi connectivity index (χ2n) is 4.67. The molecule has 0 aliphatic carbocycles. The van der Waals surface area contributed by atoms with E-state index in [-0.39, 0.29) is 5.97 Å². The molecule has 0 unspecified atom stereocenters. The number of aromatic nitrogens is 2. The molecule has 3 rings (SSSR count). The van der Waals surface area contributed by atoms with Crippen LogP contribution in [0.15, 0.2) is 48.8 Å². The topological polar surface area (TPSA) is 43.6 Å². The summed E-state index contributed by atoms with van der Waals surface area (Å²) >= 11 is 0. The van der Waals surface area contributed by atoms with E-state index in [0.29, 0.717) is 5.56 Å². The molecule has 0 N–H and O–H groups in total. The van der Waals surface area contributed by atoms with Crippen LogP contribution >= 0.6 is 0 Å². The minimum atomic E-state index is -0.350. The maximum atomic E-state index is 11.5. The average Bonchev–Trinajstić information content (AvgIpc) is 2.90. The van der Waals surface area contributed by atoms with Crippen molar-refractivity contribution < 1.29 is 9.53 Å². The first-order valence-corrected chi connectivity index (χ1v) is 6.31. The van der Waals surface area contributed by atoms with Gasteiger partial charge in [-0.15, -0.1) is 0 Å². The van der Waals surface area contributed by atoms with Crippen molar-refractivity contribution in [3.8, 4) is 11.3 Å². The largest absolute Gasteiger partial charge is 0.465 e. The Hall–Kier alpha value is -2.62. The van der Waals surface area contributed by atoms with Crippen LogP contribution < -0.4 is 0 Å². The maximum Gasteiger partial charge on any atom is 0.339 e. The highest BCUT2D eigenvalue weighted by Crippen LogP contribution is 2.20. The lowest BCUT2D eigenvalue weighted by Gasteiger charge is -1.99. The number of carbonyl (C=O) groups excluding carboxylic acids is 1. The number of pyridine rings is 1. The highest BCUT2D eigenvalue weighted by atomic mass is 16.5. The van der Waals surface area contributed by atoms with Crippen molar-refractivity contribution in [1.29, 1.82) is 0 Å². The van der Waals surface area contributed by atoms with Gasteiger partial charge in [0.1, 0.15) is 5.65 Å². The van der Waals surface area contributed by atoms with Crippen molar-refractivity contribution in [2.24, 2.45) is 0 Å². The van der Waals surface area contributed by atoms with E-state index in [4.69, 9.17) is 4.74 Å². The molecule has 3 aromatic rings. The number of imidazole rings is 1. The SMILES string of the molecule is COC(=O)c1ccc2nc(-c3ccc(C)cc3)cn2c1. The van der Waals surface area contributed by atoms with Gasteiger partial charge in [0.2, 0.25) is 0 Å². The summed E-state index contributed by atoms with van der Waals surface area (Å²) in [4.78, 5) is 16.1. The van der Waals surface area contributed by atoms with Gasteiger partial charge in [-0.2, -0.15) is 0 Å². The zero-order valence-electron chi connectivity index (χ0n) is 11.3. The van der Waals surface area contributed by atoms with Gasteiger partial charge in [0, 0.05) is 18.0 Å². The highest BCUT2D eigenvalue weighted by molar-refractivity contribution is 5.89. The molecule has 4 heteroatoms. The van der Waals surface area contributed by atoms with Crippen molar-refractivity contribution in [2.75, 3.05) is 7.11 Å². The fourth-order valence-electron chi connectivity index (χ4n) is 2.09. The maximum absolute atomic E-state index is 11.5. The van der Waals surface area contributed by atoms with Gasteiger partial charge in [-0.3, -0.25) is 0 Å². The zero-order chi connectivity index (χ0) is 14.1. The summed E-state index contributed by atoms with van der Waals surface area (Å²) in [6.45, 7) is 2.05. The first-order chi connectivity index (χ1) is 9.67. The Labute approximate surface area is 116 Å². The number of benzene rings is 1. The number of hydrogen-bond acceptors (Lipinski definition) is 3. The van der Waals surface area contributed by atoms with Gasteiger partial charge >= 0.3 is 5.97 Å². The molecule has 0 saturated heterocycles. The molecular formula is C16H14N2O2. The number of carbonyl (C=O) groups is 1. The van der Waals surface area contributed by atoms with Gasteiger partial charge in [0.15, 0.2) is 0 Å². The van der Waals surface area contributed by atoms with Crippen molar-refractivity contribution in [1.82, 2.24) is 9.38 Å². The third-order valence-electron chi connectivity index (χ3n) is 3.22. The number of esters is 1. The minimum Gasteiger partial charge on any atom is -0.465 e. The number of ether oxygens (including phenoxy) is 1. The first-order valence-electron chi connectivity index (χ1n) is 6.31. The van der Waals surface area contributed by atoms with Crippen LogP contribution in [0.1, 0.15) is 15.9 Å². The van der Waals surface area contributed by atoms with Gasteiger partial charge in [0.25, 0.3) is 0 Å². The first kappa shape index (κ1) is 12.4. The number of methoxy groups -OCH3 is 1. The number of nitrogens with zero attached hydrogens (tertiary/aromatic N) is 2. The van der Waals surface area contributed by atoms with E-state index < -0.39 is 0 Å². The summed E-state index contributed by atoms with van der Waals surface area (Å²) in [7, 11) is 1.37. The summed E-state index contributed by atoms with van der Waals surface area (Å²) in [6, 6.07) is 11.7. The normalized spacial score (nSPS) is 10.7. The molecule has 0 spiro atoms. The van der Waals surface area contributed by atoms with E-state index in [0.717, 1.165) is 16.9 Å². The molecule has 100 valence electrons. The Balaban J connectivity index is 2.06. The summed E-state index contributed by atoms with van der Waals surface area (Å²) in [5.41, 5.74) is 4.46. The van der Waals surface area contributed by atoms with Gasteiger partial charge in [0.05, 0.1) is 18.4 Å². The summed E-state index contributed by atoms with van der Waals surface area (Å²) in [6.07, 6.45) is 3.64. The molecular weight excluding hydrogens is 252 g/mol. The molecule has 4 nitrogen and oxygen atoms in total. The van der Waals surface area contributed by atoms with Crippen LogP contribution in [0.25, 0.3) is 16.9 Å². The molecule has 2 aromatic heterocycles. The third-order valence-corrected chi connectivity index (χ3v) is 3.22. The van der Waals surface area contributed by atoms with Crippen molar-refractivity contribution in [3.05, 3.63) is 59.9 Å². The number of rotatable bonds is 2. The van der Waals surface area contributed by atoms with Crippen LogP contribution in [0.4, 0.5) is 0 Å². The average molecular weight is 266 g/mol. The molecule has 0 bridgehead atoms. The second kappa shape index (κ2) is 4.81. The monoisotopic (exact) mass is 266 g/mol. The van der Waals surface area contributed by atoms with E-state index in [9.17, 15) is 4.79 Å². The molecule has 20 heavy (non-hydrogen) atoms. The van der Waals surface area contributed by atoms with E-state index in [2.05, 4.69) is 24.0 Å². The summed E-state index contributed by atoms with van der Waals surface area (Å²) in [5, 5.41) is 0. The molecule has 0 aliphatic heterocycles. The summed E-state index contributed by atoms with van der Waals surface area (Å²) < 4.78 is 6.55. The Kier molecular flexibility index (Phi) is 2.99. The number of fused-ring (bicyclic) bond motifs is 1. The Morgan fingerprint density at radius 2 is 1.85 bits per heavy atom. The lowest BCUT2D eigenvalue weighted by molar-refractivity contribution is 0.0600. The van der Waals surface area contributed by atoms with Crippen molar-refractivity contribution in [2.45, 2.75) is 6.92 Å². The minimum absolute atomic E-state index is 0.350. The van der Waals surface area contributed by atoms with Crippen LogP contribution in [0.5, 0.6) is 0 Å². The molecule has 0 radical (unpaired) electrons. The smallest absolute Gasteiger partial charge is 0.339 e. The third kappa shape index (κ3) is 2.16. The Morgan fingerprint density at radius 3 is 2.55 bits per heavy atom. The van der Waals surface area contributed by atoms with E-state index >= 15 is 0 Å². The molecule has 0 amide bonds. The fourth-order valence-corrected chi connectivity index (χ4v) is 2.09. The second-order valence-corrected chi connectivity index (χ2v) is 4.67. The molecule has 0 saturated carbocycles. The van der Waals surface area contributed by atoms with Gasteiger partial charge in [-0.05, 0) is 19.1 Å². The van der Waals surface area contributed by atoms with Gasteiger partial charge < -0.3 is 9.14 Å². The van der Waals surface area contributed by atoms with E-state index in [1.165, 1.54) is 12.7 Å². The lowest BCUT2D eigenvalue weighted by Crippen LogP contribution is -2.02. The lowest BCUT2D eigenvalue weighted by atomic mass is 10.1. The fraction of sp³-hybridized carbons (Fsp3) is 0.125. The quantitative estimate of drug-likeness (QED) is 0.669. The molecule has 1 aromatic carbocycles. The van der Waals surface area contributed by atoms with Gasteiger partial charge in [-0.1, -0.05) is 29.8 Å². The van der Waals surface area contributed by atoms with Crippen molar-refractivity contribution in [3.63, 3.8) is 0 Å². The summed E-state index contributed by atoms with van der Waals surface area (Å²) in [5.74, 6) is -0.350. The Bertz CT molecular complexity index is 773. The van der Waals surface area contributed by atoms with Gasteiger partial charge in [-0.25, -0.2) is 9.78 Å². The highest BCUT2D eigenvalue weighted by Gasteiger charge is 2.08. The Morgan fingerprint density at radius 1 is 1.10 bits per heavy atom. The van der Waals surface area contributed by atoms with Crippen LogP contribution in [-0.2, 0) is 4.74 Å². The standard InChI is InChI=1S/C16H14N2O2/c1-11-3-5-12(6-4-11)14-10-18-9-13(16(19)20-2)7-8-15(18)17-14/h3-10H,1-2H3. The zero-order valence-corrected chi connectivity index (χ0v) is 11.3. The number of hydrogen-bond donors (Lipinski definition) is 0. The van der Waals surface area contributed by atoms with Crippen LogP contribution in [0, 0.1) is 6.92 Å². The predicted molar refractivity (Wildman–Crippen MR) is 76.7 cm³/mol. The van der Waals surface area contributed by atoms with E-state index in [1.54, 1.807) is 12.3 Å². The molecule has 0 atom stereocenters. The predicted octanol–water partition coefficient (Wildman–Crippen LogP) is 3.10. The number of aryl methyl sites for hydroxylation is 1. The molecule has 0 fully saturated rings. The van der Waals surface area contributed by atoms with Crippen LogP contribution in [0.2, 0.25) is 0 Å². The van der Waals surface area contributed by atoms with Crippen molar-refractivity contribution >= 4 is 11.6 Å². The molecule has 0 aliphatic rings. The van der Waals surface area contributed by atoms with E-state index in [1.807, 2.05) is 28.8 Å². The van der Waals surface area contributed by atoms with Crippen LogP contribution in [0.3, 0.4) is 0 Å². The van der Waals surface area contributed by atoms with Crippen LogP contribution in [-0.4, -0.2) is 22.5 Å².